The molecule has 2 aromatic rings. The number of hydrogen-bond donors (Lipinski definition) is 3. The lowest BCUT2D eigenvalue weighted by molar-refractivity contribution is -0.385. The molecular formula is C15H8F6N2O5. The molecule has 2 rings (SSSR count). The minimum absolute atomic E-state index is 0.169. The summed E-state index contributed by atoms with van der Waals surface area (Å²) in [4.78, 5) is 21.8. The van der Waals surface area contributed by atoms with Gasteiger partial charge in [-0.2, -0.15) is 26.3 Å². The Kier molecular flexibility index (Phi) is 5.13. The van der Waals surface area contributed by atoms with Crippen LogP contribution in [-0.4, -0.2) is 21.0 Å². The van der Waals surface area contributed by atoms with Crippen LogP contribution in [0.15, 0.2) is 30.3 Å². The molecule has 0 heterocycles. The number of nitrogens with one attached hydrogen (secondary N) is 1. The Labute approximate surface area is 151 Å². The molecule has 13 heteroatoms. The van der Waals surface area contributed by atoms with E-state index in [-0.39, 0.29) is 18.2 Å². The number of nitro benzene ring substituents is 1. The first-order valence-electron chi connectivity index (χ1n) is 7.02. The normalized spacial score (nSPS) is 11.9. The number of phenols is 2. The van der Waals surface area contributed by atoms with Crippen molar-refractivity contribution in [2.45, 2.75) is 12.4 Å². The van der Waals surface area contributed by atoms with Crippen molar-refractivity contribution in [2.24, 2.45) is 0 Å². The molecule has 0 aromatic heterocycles. The summed E-state index contributed by atoms with van der Waals surface area (Å²) in [5.41, 5.74) is -6.50. The van der Waals surface area contributed by atoms with E-state index in [9.17, 15) is 51.5 Å². The number of alkyl halides is 6. The van der Waals surface area contributed by atoms with Gasteiger partial charge < -0.3 is 15.5 Å². The zero-order valence-corrected chi connectivity index (χ0v) is 13.2. The number of hydrogen-bond acceptors (Lipinski definition) is 5. The highest BCUT2D eigenvalue weighted by Gasteiger charge is 2.37. The third kappa shape index (κ3) is 4.24. The lowest BCUT2D eigenvalue weighted by atomic mass is 10.1. The van der Waals surface area contributed by atoms with Crippen molar-refractivity contribution in [1.29, 1.82) is 0 Å². The molecule has 3 N–H and O–H groups in total. The van der Waals surface area contributed by atoms with E-state index in [2.05, 4.69) is 0 Å². The van der Waals surface area contributed by atoms with Gasteiger partial charge in [-0.1, -0.05) is 0 Å². The molecule has 0 saturated carbocycles. The molecule has 0 aliphatic rings. The van der Waals surface area contributed by atoms with E-state index in [1.807, 2.05) is 0 Å². The number of carbonyl (C=O) groups excluding carboxylic acids is 1. The molecule has 0 atom stereocenters. The van der Waals surface area contributed by atoms with Crippen molar-refractivity contribution >= 4 is 17.3 Å². The molecule has 0 spiro atoms. The fourth-order valence-corrected chi connectivity index (χ4v) is 2.16. The van der Waals surface area contributed by atoms with Gasteiger partial charge >= 0.3 is 18.0 Å². The number of amides is 1. The van der Waals surface area contributed by atoms with Gasteiger partial charge in [0.05, 0.1) is 16.1 Å². The van der Waals surface area contributed by atoms with Gasteiger partial charge in [-0.15, -0.1) is 0 Å². The number of benzene rings is 2. The number of nitro groups is 1. The predicted molar refractivity (Wildman–Crippen MR) is 80.8 cm³/mol. The molecular weight excluding hydrogens is 402 g/mol. The summed E-state index contributed by atoms with van der Waals surface area (Å²) in [5.74, 6) is -3.86. The number of rotatable bonds is 3. The van der Waals surface area contributed by atoms with Gasteiger partial charge in [-0.25, -0.2) is 0 Å². The van der Waals surface area contributed by atoms with E-state index >= 15 is 0 Å². The minimum Gasteiger partial charge on any atom is -0.507 e. The smallest absolute Gasteiger partial charge is 0.416 e. The Bertz CT molecular complexity index is 923. The van der Waals surface area contributed by atoms with Crippen LogP contribution in [0.2, 0.25) is 0 Å². The molecule has 28 heavy (non-hydrogen) atoms. The Morgan fingerprint density at radius 1 is 0.964 bits per heavy atom. The average molecular weight is 410 g/mol. The van der Waals surface area contributed by atoms with Crippen LogP contribution in [0.3, 0.4) is 0 Å². The van der Waals surface area contributed by atoms with Crippen LogP contribution in [0.1, 0.15) is 21.5 Å². The minimum atomic E-state index is -5.17. The fourth-order valence-electron chi connectivity index (χ4n) is 2.16. The van der Waals surface area contributed by atoms with Crippen molar-refractivity contribution in [3.63, 3.8) is 0 Å². The molecule has 0 aliphatic carbocycles. The van der Waals surface area contributed by atoms with Crippen LogP contribution < -0.4 is 5.32 Å². The highest BCUT2D eigenvalue weighted by atomic mass is 19.4. The van der Waals surface area contributed by atoms with E-state index in [0.29, 0.717) is 12.1 Å². The number of carbonyl (C=O) groups is 1. The van der Waals surface area contributed by atoms with Gasteiger partial charge in [0.25, 0.3) is 5.91 Å². The number of nitrogens with zero attached hydrogens (tertiary/aromatic N) is 1. The molecule has 7 nitrogen and oxygen atoms in total. The van der Waals surface area contributed by atoms with Crippen LogP contribution in [0, 0.1) is 10.1 Å². The summed E-state index contributed by atoms with van der Waals surface area (Å²) in [6.07, 6.45) is -10.3. The molecule has 150 valence electrons. The highest BCUT2D eigenvalue weighted by Crippen LogP contribution is 2.39. The maximum atomic E-state index is 12.8. The third-order valence-corrected chi connectivity index (χ3v) is 3.40. The summed E-state index contributed by atoms with van der Waals surface area (Å²) in [6.45, 7) is 0. The molecule has 0 aliphatic heterocycles. The van der Waals surface area contributed by atoms with Gasteiger partial charge in [0.1, 0.15) is 11.3 Å². The summed E-state index contributed by atoms with van der Waals surface area (Å²) in [7, 11) is 0. The van der Waals surface area contributed by atoms with E-state index in [4.69, 9.17) is 0 Å². The van der Waals surface area contributed by atoms with Crippen molar-refractivity contribution in [3.05, 3.63) is 57.1 Å². The van der Waals surface area contributed by atoms with Gasteiger partial charge in [-0.3, -0.25) is 14.9 Å². The van der Waals surface area contributed by atoms with Gasteiger partial charge in [0, 0.05) is 11.8 Å². The number of halogens is 6. The zero-order valence-electron chi connectivity index (χ0n) is 13.2. The monoisotopic (exact) mass is 410 g/mol. The summed E-state index contributed by atoms with van der Waals surface area (Å²) in [5, 5.41) is 31.8. The summed E-state index contributed by atoms with van der Waals surface area (Å²) >= 11 is 0. The van der Waals surface area contributed by atoms with Gasteiger partial charge in [0.15, 0.2) is 0 Å². The van der Waals surface area contributed by atoms with Gasteiger partial charge in [-0.05, 0) is 24.3 Å². The standard InChI is InChI=1S/C15H8F6N2O5/c16-14(17,18)6-3-7(15(19,20)21)5-8(4-6)22-13(26)11-10(24)2-1-9(12(11)25)23(27)28/h1-5,24-25H,(H,22,26). The first-order chi connectivity index (χ1) is 12.7. The van der Waals surface area contributed by atoms with Crippen molar-refractivity contribution in [2.75, 3.05) is 5.32 Å². The van der Waals surface area contributed by atoms with Crippen LogP contribution in [-0.2, 0) is 12.4 Å². The van der Waals surface area contributed by atoms with Gasteiger partial charge in [0.2, 0.25) is 5.75 Å². The highest BCUT2D eigenvalue weighted by molar-refractivity contribution is 6.09. The number of anilines is 1. The second kappa shape index (κ2) is 6.90. The maximum Gasteiger partial charge on any atom is 0.416 e. The van der Waals surface area contributed by atoms with E-state index in [0.717, 1.165) is 0 Å². The van der Waals surface area contributed by atoms with E-state index in [1.165, 1.54) is 0 Å². The second-order valence-electron chi connectivity index (χ2n) is 5.33. The largest absolute Gasteiger partial charge is 0.507 e. The Balaban J connectivity index is 2.53. The van der Waals surface area contributed by atoms with Crippen molar-refractivity contribution in [1.82, 2.24) is 0 Å². The molecule has 0 radical (unpaired) electrons. The molecule has 0 fully saturated rings. The first-order valence-corrected chi connectivity index (χ1v) is 7.02. The fraction of sp³-hybridized carbons (Fsp3) is 0.133. The lowest BCUT2D eigenvalue weighted by Gasteiger charge is -2.15. The first kappa shape index (κ1) is 20.8. The average Bonchev–Trinajstić information content (AvgIpc) is 2.52. The summed E-state index contributed by atoms with van der Waals surface area (Å²) in [6, 6.07) is 1.52. The van der Waals surface area contributed by atoms with Crippen LogP contribution in [0.4, 0.5) is 37.7 Å². The predicted octanol–water partition coefficient (Wildman–Crippen LogP) is 4.30. The Morgan fingerprint density at radius 3 is 1.89 bits per heavy atom. The van der Waals surface area contributed by atoms with E-state index in [1.54, 1.807) is 5.32 Å². The maximum absolute atomic E-state index is 12.8. The van der Waals surface area contributed by atoms with Crippen molar-refractivity contribution in [3.8, 4) is 11.5 Å². The number of phenolic OH excluding ortho intramolecular Hbond substituents is 2. The zero-order chi connectivity index (χ0) is 21.4. The lowest BCUT2D eigenvalue weighted by Crippen LogP contribution is -2.16. The molecule has 1 amide bonds. The Hall–Kier alpha value is -3.51. The third-order valence-electron chi connectivity index (χ3n) is 3.40. The molecule has 0 bridgehead atoms. The SMILES string of the molecule is O=C(Nc1cc(C(F)(F)F)cc(C(F)(F)F)c1)c1c(O)ccc([N+](=O)[O-])c1O. The topological polar surface area (TPSA) is 113 Å². The Morgan fingerprint density at radius 2 is 1.46 bits per heavy atom. The van der Waals surface area contributed by atoms with Crippen LogP contribution in [0.5, 0.6) is 11.5 Å². The molecule has 2 aromatic carbocycles. The number of aromatic hydroxyl groups is 2. The quantitative estimate of drug-likeness (QED) is 0.397. The molecule has 0 saturated heterocycles. The van der Waals surface area contributed by atoms with Crippen LogP contribution in [0.25, 0.3) is 0 Å². The molecule has 0 unspecified atom stereocenters. The second-order valence-corrected chi connectivity index (χ2v) is 5.33. The van der Waals surface area contributed by atoms with E-state index < -0.39 is 62.7 Å². The summed E-state index contributed by atoms with van der Waals surface area (Å²) < 4.78 is 77.0. The van der Waals surface area contributed by atoms with Crippen LogP contribution >= 0.6 is 0 Å². The van der Waals surface area contributed by atoms with Crippen molar-refractivity contribution < 1.29 is 46.3 Å².